The highest BCUT2D eigenvalue weighted by molar-refractivity contribution is 6.18. The van der Waals surface area contributed by atoms with E-state index in [1.807, 2.05) is 6.07 Å². The quantitative estimate of drug-likeness (QED) is 0.715. The van der Waals surface area contributed by atoms with Gasteiger partial charge in [-0.15, -0.1) is 11.6 Å². The zero-order chi connectivity index (χ0) is 9.80. The Morgan fingerprint density at radius 1 is 1.50 bits per heavy atom. The molecular formula is C10H14ClN3. The van der Waals surface area contributed by atoms with Crippen LogP contribution >= 0.6 is 11.6 Å². The molecule has 0 spiro atoms. The van der Waals surface area contributed by atoms with E-state index in [2.05, 4.69) is 14.9 Å². The van der Waals surface area contributed by atoms with Gasteiger partial charge in [-0.25, -0.2) is 9.97 Å². The molecule has 3 nitrogen and oxygen atoms in total. The van der Waals surface area contributed by atoms with Crippen molar-refractivity contribution in [2.24, 2.45) is 0 Å². The van der Waals surface area contributed by atoms with Crippen molar-refractivity contribution in [3.63, 3.8) is 0 Å². The van der Waals surface area contributed by atoms with Crippen LogP contribution in [-0.4, -0.2) is 28.4 Å². The zero-order valence-corrected chi connectivity index (χ0v) is 8.82. The number of rotatable bonds is 4. The number of alkyl halides is 1. The van der Waals surface area contributed by atoms with Crippen LogP contribution in [0.25, 0.3) is 0 Å². The predicted molar refractivity (Wildman–Crippen MR) is 57.7 cm³/mol. The van der Waals surface area contributed by atoms with Gasteiger partial charge in [-0.1, -0.05) is 0 Å². The molecule has 4 heteroatoms. The molecule has 0 amide bonds. The van der Waals surface area contributed by atoms with Gasteiger partial charge in [-0.3, -0.25) is 0 Å². The van der Waals surface area contributed by atoms with Gasteiger partial charge in [-0.2, -0.15) is 0 Å². The SMILES string of the molecule is ClCCN(c1ccncn1)C1CCC1. The number of halogens is 1. The van der Waals surface area contributed by atoms with Gasteiger partial charge in [0.1, 0.15) is 12.1 Å². The molecule has 1 saturated carbocycles. The monoisotopic (exact) mass is 211 g/mol. The Morgan fingerprint density at radius 2 is 2.36 bits per heavy atom. The minimum atomic E-state index is 0.642. The topological polar surface area (TPSA) is 29.0 Å². The van der Waals surface area contributed by atoms with Gasteiger partial charge in [0.2, 0.25) is 0 Å². The van der Waals surface area contributed by atoms with Crippen molar-refractivity contribution < 1.29 is 0 Å². The summed E-state index contributed by atoms with van der Waals surface area (Å²) in [5.74, 6) is 1.66. The number of nitrogens with zero attached hydrogens (tertiary/aromatic N) is 3. The average Bonchev–Trinajstić information content (AvgIpc) is 2.16. The summed E-state index contributed by atoms with van der Waals surface area (Å²) < 4.78 is 0. The summed E-state index contributed by atoms with van der Waals surface area (Å²) in [7, 11) is 0. The van der Waals surface area contributed by atoms with E-state index in [-0.39, 0.29) is 0 Å². The van der Waals surface area contributed by atoms with Gasteiger partial charge in [0.15, 0.2) is 0 Å². The molecule has 0 atom stereocenters. The smallest absolute Gasteiger partial charge is 0.132 e. The third kappa shape index (κ3) is 1.98. The molecule has 1 heterocycles. The first-order valence-corrected chi connectivity index (χ1v) is 5.54. The van der Waals surface area contributed by atoms with E-state index < -0.39 is 0 Å². The molecule has 1 aliphatic carbocycles. The molecule has 1 aromatic heterocycles. The molecule has 0 N–H and O–H groups in total. The lowest BCUT2D eigenvalue weighted by atomic mass is 9.91. The van der Waals surface area contributed by atoms with E-state index >= 15 is 0 Å². The highest BCUT2D eigenvalue weighted by Gasteiger charge is 2.25. The van der Waals surface area contributed by atoms with Gasteiger partial charge in [0.05, 0.1) is 0 Å². The third-order valence-electron chi connectivity index (χ3n) is 2.70. The second-order valence-corrected chi connectivity index (χ2v) is 3.91. The summed E-state index contributed by atoms with van der Waals surface area (Å²) >= 11 is 5.79. The highest BCUT2D eigenvalue weighted by Crippen LogP contribution is 2.27. The fourth-order valence-electron chi connectivity index (χ4n) is 1.73. The van der Waals surface area contributed by atoms with Crippen LogP contribution < -0.4 is 4.90 Å². The van der Waals surface area contributed by atoms with Crippen molar-refractivity contribution in [2.45, 2.75) is 25.3 Å². The van der Waals surface area contributed by atoms with E-state index in [0.717, 1.165) is 12.4 Å². The molecule has 0 aromatic carbocycles. The fourth-order valence-corrected chi connectivity index (χ4v) is 1.91. The molecule has 0 saturated heterocycles. The number of hydrogen-bond acceptors (Lipinski definition) is 3. The standard InChI is InChI=1S/C10H14ClN3/c11-5-7-14(9-2-1-3-9)10-4-6-12-8-13-10/h4,6,8-9H,1-3,5,7H2. The van der Waals surface area contributed by atoms with Crippen LogP contribution in [0.4, 0.5) is 5.82 Å². The minimum absolute atomic E-state index is 0.642. The summed E-state index contributed by atoms with van der Waals surface area (Å²) in [4.78, 5) is 10.5. The molecule has 0 aliphatic heterocycles. The predicted octanol–water partition coefficient (Wildman–Crippen LogP) is 2.07. The molecule has 76 valence electrons. The Bertz CT molecular complexity index is 274. The van der Waals surface area contributed by atoms with Crippen LogP contribution in [0.2, 0.25) is 0 Å². The maximum absolute atomic E-state index is 5.79. The summed E-state index contributed by atoms with van der Waals surface area (Å²) in [6, 6.07) is 2.59. The second-order valence-electron chi connectivity index (χ2n) is 3.53. The van der Waals surface area contributed by atoms with Gasteiger partial charge in [0, 0.05) is 24.7 Å². The first-order chi connectivity index (χ1) is 6.92. The van der Waals surface area contributed by atoms with Crippen LogP contribution in [0, 0.1) is 0 Å². The first-order valence-electron chi connectivity index (χ1n) is 5.00. The number of anilines is 1. The van der Waals surface area contributed by atoms with Crippen LogP contribution in [0.5, 0.6) is 0 Å². The number of hydrogen-bond donors (Lipinski definition) is 0. The molecule has 14 heavy (non-hydrogen) atoms. The Balaban J connectivity index is 2.09. The summed E-state index contributed by atoms with van der Waals surface area (Å²) in [6.45, 7) is 0.878. The molecule has 1 fully saturated rings. The number of aromatic nitrogens is 2. The Kier molecular flexibility index (Phi) is 3.19. The van der Waals surface area contributed by atoms with E-state index in [0.29, 0.717) is 11.9 Å². The summed E-state index contributed by atoms with van der Waals surface area (Å²) in [6.07, 6.45) is 7.23. The van der Waals surface area contributed by atoms with Crippen molar-refractivity contribution in [3.8, 4) is 0 Å². The van der Waals surface area contributed by atoms with E-state index in [1.165, 1.54) is 19.3 Å². The lowest BCUT2D eigenvalue weighted by Crippen LogP contribution is -2.41. The summed E-state index contributed by atoms with van der Waals surface area (Å²) in [5, 5.41) is 0. The van der Waals surface area contributed by atoms with Crippen LogP contribution in [0.3, 0.4) is 0 Å². The van der Waals surface area contributed by atoms with Crippen LogP contribution in [0.1, 0.15) is 19.3 Å². The third-order valence-corrected chi connectivity index (χ3v) is 2.87. The summed E-state index contributed by atoms with van der Waals surface area (Å²) in [5.41, 5.74) is 0. The molecule has 0 radical (unpaired) electrons. The fraction of sp³-hybridized carbons (Fsp3) is 0.600. The Labute approximate surface area is 89.1 Å². The average molecular weight is 212 g/mol. The van der Waals surface area contributed by atoms with Gasteiger partial charge in [-0.05, 0) is 25.3 Å². The second kappa shape index (κ2) is 4.60. The van der Waals surface area contributed by atoms with Crippen molar-refractivity contribution in [1.82, 2.24) is 9.97 Å². The molecule has 0 bridgehead atoms. The lowest BCUT2D eigenvalue weighted by molar-refractivity contribution is 0.388. The van der Waals surface area contributed by atoms with E-state index in [1.54, 1.807) is 12.5 Å². The van der Waals surface area contributed by atoms with Crippen molar-refractivity contribution in [2.75, 3.05) is 17.3 Å². The Morgan fingerprint density at radius 3 is 2.86 bits per heavy atom. The lowest BCUT2D eigenvalue weighted by Gasteiger charge is -2.37. The molecule has 0 unspecified atom stereocenters. The molecular weight excluding hydrogens is 198 g/mol. The van der Waals surface area contributed by atoms with Crippen LogP contribution in [-0.2, 0) is 0 Å². The van der Waals surface area contributed by atoms with Gasteiger partial charge in [0.25, 0.3) is 0 Å². The van der Waals surface area contributed by atoms with Crippen molar-refractivity contribution >= 4 is 17.4 Å². The van der Waals surface area contributed by atoms with Gasteiger partial charge < -0.3 is 4.90 Å². The van der Waals surface area contributed by atoms with Crippen molar-refractivity contribution in [1.29, 1.82) is 0 Å². The molecule has 1 aromatic rings. The normalized spacial score (nSPS) is 16.4. The van der Waals surface area contributed by atoms with E-state index in [9.17, 15) is 0 Å². The Hall–Kier alpha value is -0.830. The molecule has 2 rings (SSSR count). The van der Waals surface area contributed by atoms with E-state index in [4.69, 9.17) is 11.6 Å². The minimum Gasteiger partial charge on any atom is -0.352 e. The first kappa shape index (κ1) is 9.71. The van der Waals surface area contributed by atoms with Gasteiger partial charge >= 0.3 is 0 Å². The largest absolute Gasteiger partial charge is 0.352 e. The van der Waals surface area contributed by atoms with Crippen LogP contribution in [0.15, 0.2) is 18.6 Å². The maximum atomic E-state index is 5.79. The zero-order valence-electron chi connectivity index (χ0n) is 8.06. The highest BCUT2D eigenvalue weighted by atomic mass is 35.5. The maximum Gasteiger partial charge on any atom is 0.132 e. The molecule has 1 aliphatic rings. The van der Waals surface area contributed by atoms with Crippen molar-refractivity contribution in [3.05, 3.63) is 18.6 Å².